The second kappa shape index (κ2) is 7.51. The molecule has 0 spiro atoms. The highest BCUT2D eigenvalue weighted by molar-refractivity contribution is 7.89. The van der Waals surface area contributed by atoms with Gasteiger partial charge >= 0.3 is 0 Å². The van der Waals surface area contributed by atoms with Crippen molar-refractivity contribution in [1.82, 2.24) is 19.2 Å². The number of hydrogen-bond acceptors (Lipinski definition) is 4. The van der Waals surface area contributed by atoms with Crippen molar-refractivity contribution >= 4 is 31.8 Å². The van der Waals surface area contributed by atoms with Crippen LogP contribution >= 0.6 is 0 Å². The standard InChI is InChI=1S/C22H20F2N4O3S/c1-27-6-8-28(9-7-27)32(30,31)20-5-4-17-15(21(20)24)12-19(25-17)16-10-13-2-3-14(23)11-18(13)26-22(16)29/h2-5,10-12,25H,6-9H2,1H3,(H,26,29). The van der Waals surface area contributed by atoms with Crippen molar-refractivity contribution in [2.75, 3.05) is 33.2 Å². The van der Waals surface area contributed by atoms with Crippen LogP contribution in [0.3, 0.4) is 0 Å². The van der Waals surface area contributed by atoms with E-state index in [4.69, 9.17) is 0 Å². The third kappa shape index (κ3) is 3.40. The van der Waals surface area contributed by atoms with E-state index in [1.807, 2.05) is 11.9 Å². The summed E-state index contributed by atoms with van der Waals surface area (Å²) in [6, 6.07) is 9.79. The van der Waals surface area contributed by atoms with Crippen LogP contribution in [-0.4, -0.2) is 60.8 Å². The fraction of sp³-hybridized carbons (Fsp3) is 0.227. The number of aromatic nitrogens is 2. The zero-order valence-electron chi connectivity index (χ0n) is 17.2. The highest BCUT2D eigenvalue weighted by atomic mass is 32.2. The summed E-state index contributed by atoms with van der Waals surface area (Å²) in [6.07, 6.45) is 0. The molecule has 1 fully saturated rings. The molecule has 2 N–H and O–H groups in total. The first-order chi connectivity index (χ1) is 15.2. The van der Waals surface area contributed by atoms with E-state index in [9.17, 15) is 17.6 Å². The Morgan fingerprint density at radius 2 is 1.66 bits per heavy atom. The van der Waals surface area contributed by atoms with Gasteiger partial charge in [-0.1, -0.05) is 0 Å². The Balaban J connectivity index is 1.59. The maximum absolute atomic E-state index is 15.4. The smallest absolute Gasteiger partial charge is 0.257 e. The van der Waals surface area contributed by atoms with Gasteiger partial charge in [0.1, 0.15) is 10.7 Å². The number of H-pyrrole nitrogens is 2. The number of halogens is 2. The molecule has 4 aromatic rings. The van der Waals surface area contributed by atoms with Crippen LogP contribution in [0.2, 0.25) is 0 Å². The Hall–Kier alpha value is -3.08. The van der Waals surface area contributed by atoms with Crippen LogP contribution in [-0.2, 0) is 10.0 Å². The Morgan fingerprint density at radius 3 is 2.41 bits per heavy atom. The van der Waals surface area contributed by atoms with Gasteiger partial charge in [-0.05, 0) is 54.9 Å². The highest BCUT2D eigenvalue weighted by Crippen LogP contribution is 2.30. The van der Waals surface area contributed by atoms with Gasteiger partial charge in [0.15, 0.2) is 5.82 Å². The third-order valence-electron chi connectivity index (χ3n) is 5.88. The van der Waals surface area contributed by atoms with Crippen LogP contribution in [0.5, 0.6) is 0 Å². The zero-order chi connectivity index (χ0) is 22.6. The number of benzene rings is 2. The van der Waals surface area contributed by atoms with E-state index in [-0.39, 0.29) is 15.8 Å². The summed E-state index contributed by atoms with van der Waals surface area (Å²) in [5.74, 6) is -1.33. The SMILES string of the molecule is CN1CCN(S(=O)(=O)c2ccc3[nH]c(-c4cc5ccc(F)cc5[nH]c4=O)cc3c2F)CC1. The Kier molecular flexibility index (Phi) is 4.88. The first kappa shape index (κ1) is 20.8. The molecule has 0 atom stereocenters. The molecule has 1 saturated heterocycles. The Labute approximate surface area is 182 Å². The average Bonchev–Trinajstić information content (AvgIpc) is 3.18. The second-order valence-electron chi connectivity index (χ2n) is 7.97. The van der Waals surface area contributed by atoms with Crippen LogP contribution in [0.25, 0.3) is 33.1 Å². The Morgan fingerprint density at radius 1 is 0.906 bits per heavy atom. The molecule has 10 heteroatoms. The molecule has 3 heterocycles. The lowest BCUT2D eigenvalue weighted by Crippen LogP contribution is -2.47. The van der Waals surface area contributed by atoms with E-state index in [0.29, 0.717) is 48.3 Å². The first-order valence-corrected chi connectivity index (χ1v) is 11.5. The van der Waals surface area contributed by atoms with Gasteiger partial charge in [-0.2, -0.15) is 4.31 Å². The van der Waals surface area contributed by atoms with E-state index in [1.54, 1.807) is 6.07 Å². The van der Waals surface area contributed by atoms with Crippen molar-refractivity contribution in [1.29, 1.82) is 0 Å². The summed E-state index contributed by atoms with van der Waals surface area (Å²) >= 11 is 0. The van der Waals surface area contributed by atoms with E-state index < -0.39 is 27.2 Å². The first-order valence-electron chi connectivity index (χ1n) is 10.1. The number of nitrogens with zero attached hydrogens (tertiary/aromatic N) is 2. The molecule has 1 aliphatic heterocycles. The number of likely N-dealkylation sites (N-methyl/N-ethyl adjacent to an activating group) is 1. The Bertz CT molecular complexity index is 1520. The van der Waals surface area contributed by atoms with Gasteiger partial charge in [0, 0.05) is 37.1 Å². The number of sulfonamides is 1. The van der Waals surface area contributed by atoms with Gasteiger partial charge in [0.25, 0.3) is 5.56 Å². The van der Waals surface area contributed by atoms with E-state index in [1.165, 1.54) is 40.7 Å². The molecule has 0 radical (unpaired) electrons. The van der Waals surface area contributed by atoms with Crippen LogP contribution in [0.15, 0.2) is 52.2 Å². The van der Waals surface area contributed by atoms with Gasteiger partial charge < -0.3 is 14.9 Å². The number of piperazine rings is 1. The summed E-state index contributed by atoms with van der Waals surface area (Å²) < 4.78 is 56.2. The van der Waals surface area contributed by atoms with Crippen molar-refractivity contribution in [2.24, 2.45) is 0 Å². The molecule has 0 aliphatic carbocycles. The fourth-order valence-corrected chi connectivity index (χ4v) is 5.53. The minimum absolute atomic E-state index is 0.0776. The minimum Gasteiger partial charge on any atom is -0.354 e. The second-order valence-corrected chi connectivity index (χ2v) is 9.88. The van der Waals surface area contributed by atoms with Crippen molar-refractivity contribution in [2.45, 2.75) is 4.90 Å². The van der Waals surface area contributed by atoms with E-state index in [0.717, 1.165) is 0 Å². The van der Waals surface area contributed by atoms with Gasteiger partial charge in [-0.15, -0.1) is 0 Å². The monoisotopic (exact) mass is 458 g/mol. The van der Waals surface area contributed by atoms with Crippen LogP contribution in [0.4, 0.5) is 8.78 Å². The topological polar surface area (TPSA) is 89.3 Å². The number of hydrogen-bond donors (Lipinski definition) is 2. The maximum Gasteiger partial charge on any atom is 0.257 e. The molecule has 1 aliphatic rings. The lowest BCUT2D eigenvalue weighted by atomic mass is 10.1. The molecule has 0 bridgehead atoms. The highest BCUT2D eigenvalue weighted by Gasteiger charge is 2.31. The largest absolute Gasteiger partial charge is 0.354 e. The summed E-state index contributed by atoms with van der Waals surface area (Å²) in [6.45, 7) is 1.74. The molecule has 0 amide bonds. The van der Waals surface area contributed by atoms with Gasteiger partial charge in [0.05, 0.1) is 16.8 Å². The molecular weight excluding hydrogens is 438 g/mol. The predicted octanol–water partition coefficient (Wildman–Crippen LogP) is 2.89. The van der Waals surface area contributed by atoms with Crippen molar-refractivity contribution < 1.29 is 17.2 Å². The van der Waals surface area contributed by atoms with Gasteiger partial charge in [-0.3, -0.25) is 4.79 Å². The van der Waals surface area contributed by atoms with Gasteiger partial charge in [0.2, 0.25) is 10.0 Å². The molecule has 32 heavy (non-hydrogen) atoms. The molecule has 0 unspecified atom stereocenters. The molecule has 5 rings (SSSR count). The fourth-order valence-electron chi connectivity index (χ4n) is 4.03. The molecule has 0 saturated carbocycles. The third-order valence-corrected chi connectivity index (χ3v) is 7.80. The lowest BCUT2D eigenvalue weighted by Gasteiger charge is -2.31. The van der Waals surface area contributed by atoms with E-state index >= 15 is 4.39 Å². The number of aromatic amines is 2. The quantitative estimate of drug-likeness (QED) is 0.494. The zero-order valence-corrected chi connectivity index (χ0v) is 18.0. The average molecular weight is 458 g/mol. The molecule has 166 valence electrons. The van der Waals surface area contributed by atoms with Crippen LogP contribution in [0.1, 0.15) is 0 Å². The number of fused-ring (bicyclic) bond motifs is 2. The molecular formula is C22H20F2N4O3S. The summed E-state index contributed by atoms with van der Waals surface area (Å²) in [7, 11) is -2.08. The van der Waals surface area contributed by atoms with Crippen LogP contribution in [0, 0.1) is 11.6 Å². The lowest BCUT2D eigenvalue weighted by molar-refractivity contribution is 0.222. The van der Waals surface area contributed by atoms with Gasteiger partial charge in [-0.25, -0.2) is 17.2 Å². The number of nitrogens with one attached hydrogen (secondary N) is 2. The summed E-state index contributed by atoms with van der Waals surface area (Å²) in [4.78, 5) is 19.8. The van der Waals surface area contributed by atoms with Crippen molar-refractivity contribution in [3.63, 3.8) is 0 Å². The molecule has 2 aromatic heterocycles. The number of pyridine rings is 1. The molecule has 7 nitrogen and oxygen atoms in total. The van der Waals surface area contributed by atoms with Crippen LogP contribution < -0.4 is 5.56 Å². The minimum atomic E-state index is -3.99. The maximum atomic E-state index is 15.4. The summed E-state index contributed by atoms with van der Waals surface area (Å²) in [5.41, 5.74) is 0.819. The predicted molar refractivity (Wildman–Crippen MR) is 118 cm³/mol. The normalized spacial score (nSPS) is 16.2. The number of rotatable bonds is 3. The summed E-state index contributed by atoms with van der Waals surface area (Å²) in [5, 5.41) is 0.687. The molecule has 2 aromatic carbocycles. The van der Waals surface area contributed by atoms with Crippen molar-refractivity contribution in [3.05, 3.63) is 64.5 Å². The van der Waals surface area contributed by atoms with Crippen molar-refractivity contribution in [3.8, 4) is 11.3 Å². The van der Waals surface area contributed by atoms with E-state index in [2.05, 4.69) is 9.97 Å².